The van der Waals surface area contributed by atoms with Gasteiger partial charge in [0.2, 0.25) is 10.0 Å². The molecule has 2 rings (SSSR count). The smallest absolute Gasteiger partial charge is 0.324 e. The van der Waals surface area contributed by atoms with Crippen LogP contribution < -0.4 is 5.32 Å². The number of hydrogen-bond acceptors (Lipinski definition) is 4. The van der Waals surface area contributed by atoms with Gasteiger partial charge in [0.15, 0.2) is 0 Å². The number of imide groups is 1. The Kier molecular flexibility index (Phi) is 4.30. The van der Waals surface area contributed by atoms with Gasteiger partial charge in [0.1, 0.15) is 5.54 Å². The molecule has 0 radical (unpaired) electrons. The maximum absolute atomic E-state index is 12.3. The Labute approximate surface area is 125 Å². The van der Waals surface area contributed by atoms with Crippen LogP contribution in [0.5, 0.6) is 0 Å². The Bertz CT molecular complexity index is 544. The predicted molar refractivity (Wildman–Crippen MR) is 78.1 cm³/mol. The normalized spacial score (nSPS) is 27.0. The monoisotopic (exact) mass is 317 g/mol. The lowest BCUT2D eigenvalue weighted by atomic mass is 10.0. The van der Waals surface area contributed by atoms with Crippen molar-refractivity contribution in [1.29, 1.82) is 0 Å². The van der Waals surface area contributed by atoms with Crippen molar-refractivity contribution < 1.29 is 18.0 Å². The van der Waals surface area contributed by atoms with Gasteiger partial charge in [-0.2, -0.15) is 0 Å². The fraction of sp³-hybridized carbons (Fsp3) is 0.846. The molecule has 0 aromatic heterocycles. The van der Waals surface area contributed by atoms with E-state index in [1.807, 2.05) is 6.92 Å². The summed E-state index contributed by atoms with van der Waals surface area (Å²) in [6, 6.07) is -0.521. The average Bonchev–Trinajstić information content (AvgIpc) is 2.56. The third-order valence-corrected chi connectivity index (χ3v) is 5.85. The molecule has 2 fully saturated rings. The number of rotatable bonds is 4. The van der Waals surface area contributed by atoms with Crippen molar-refractivity contribution in [3.05, 3.63) is 0 Å². The average molecular weight is 317 g/mol. The zero-order valence-corrected chi connectivity index (χ0v) is 13.6. The van der Waals surface area contributed by atoms with E-state index in [4.69, 9.17) is 0 Å². The van der Waals surface area contributed by atoms with Gasteiger partial charge in [0.25, 0.3) is 5.91 Å². The molecule has 0 aromatic rings. The first-order chi connectivity index (χ1) is 9.63. The first kappa shape index (κ1) is 16.2. The van der Waals surface area contributed by atoms with Crippen molar-refractivity contribution in [3.63, 3.8) is 0 Å². The Morgan fingerprint density at radius 2 is 2.00 bits per heavy atom. The summed E-state index contributed by atoms with van der Waals surface area (Å²) >= 11 is 0. The Morgan fingerprint density at radius 1 is 1.33 bits per heavy atom. The van der Waals surface area contributed by atoms with Crippen molar-refractivity contribution in [2.75, 3.05) is 25.4 Å². The lowest BCUT2D eigenvalue weighted by Gasteiger charge is -2.30. The van der Waals surface area contributed by atoms with Crippen LogP contribution >= 0.6 is 0 Å². The quantitative estimate of drug-likeness (QED) is 0.759. The third kappa shape index (κ3) is 3.37. The molecule has 0 saturated carbocycles. The van der Waals surface area contributed by atoms with Crippen LogP contribution in [0.1, 0.15) is 33.6 Å². The van der Waals surface area contributed by atoms with Gasteiger partial charge in [0, 0.05) is 19.6 Å². The summed E-state index contributed by atoms with van der Waals surface area (Å²) < 4.78 is 26.1. The summed E-state index contributed by atoms with van der Waals surface area (Å²) in [5.41, 5.74) is -0.958. The molecular formula is C13H23N3O4S. The van der Waals surface area contributed by atoms with Crippen LogP contribution in [-0.4, -0.2) is 60.5 Å². The van der Waals surface area contributed by atoms with E-state index in [9.17, 15) is 18.0 Å². The largest absolute Gasteiger partial charge is 0.325 e. The van der Waals surface area contributed by atoms with E-state index in [1.165, 1.54) is 4.31 Å². The van der Waals surface area contributed by atoms with Crippen LogP contribution in [0.2, 0.25) is 0 Å². The van der Waals surface area contributed by atoms with E-state index in [-0.39, 0.29) is 18.2 Å². The van der Waals surface area contributed by atoms with E-state index in [0.717, 1.165) is 17.7 Å². The molecule has 7 nitrogen and oxygen atoms in total. The second kappa shape index (κ2) is 5.57. The second-order valence-corrected chi connectivity index (χ2v) is 8.52. The molecule has 1 N–H and O–H groups in total. The summed E-state index contributed by atoms with van der Waals surface area (Å²) in [4.78, 5) is 24.7. The summed E-state index contributed by atoms with van der Waals surface area (Å²) in [5, 5.41) is 2.54. The van der Waals surface area contributed by atoms with Gasteiger partial charge in [-0.05, 0) is 32.6 Å². The summed E-state index contributed by atoms with van der Waals surface area (Å²) in [6.45, 7) is 6.19. The molecule has 8 heteroatoms. The van der Waals surface area contributed by atoms with E-state index in [1.54, 1.807) is 13.8 Å². The van der Waals surface area contributed by atoms with Crippen LogP contribution in [-0.2, 0) is 14.8 Å². The van der Waals surface area contributed by atoms with Crippen molar-refractivity contribution >= 4 is 22.0 Å². The fourth-order valence-corrected chi connectivity index (χ4v) is 4.32. The van der Waals surface area contributed by atoms with Gasteiger partial charge in [-0.15, -0.1) is 0 Å². The van der Waals surface area contributed by atoms with Crippen molar-refractivity contribution in [1.82, 2.24) is 14.5 Å². The molecular weight excluding hydrogens is 294 g/mol. The molecule has 2 aliphatic rings. The van der Waals surface area contributed by atoms with E-state index in [2.05, 4.69) is 5.32 Å². The van der Waals surface area contributed by atoms with Gasteiger partial charge in [-0.1, -0.05) is 6.92 Å². The van der Waals surface area contributed by atoms with Gasteiger partial charge < -0.3 is 5.32 Å². The molecule has 0 bridgehead atoms. The van der Waals surface area contributed by atoms with Gasteiger partial charge in [-0.3, -0.25) is 9.69 Å². The first-order valence-electron chi connectivity index (χ1n) is 7.25. The highest BCUT2D eigenvalue weighted by Crippen LogP contribution is 2.20. The van der Waals surface area contributed by atoms with Gasteiger partial charge >= 0.3 is 6.03 Å². The molecule has 0 aliphatic carbocycles. The van der Waals surface area contributed by atoms with Crippen LogP contribution in [0.3, 0.4) is 0 Å². The second-order valence-electron chi connectivity index (χ2n) is 6.43. The fourth-order valence-electron chi connectivity index (χ4n) is 2.76. The number of nitrogens with one attached hydrogen (secondary N) is 1. The number of carbonyl (C=O) groups is 2. The van der Waals surface area contributed by atoms with E-state index < -0.39 is 21.6 Å². The lowest BCUT2D eigenvalue weighted by Crippen LogP contribution is -2.44. The van der Waals surface area contributed by atoms with Crippen LogP contribution in [0, 0.1) is 5.92 Å². The Morgan fingerprint density at radius 3 is 2.52 bits per heavy atom. The molecule has 0 unspecified atom stereocenters. The molecule has 2 heterocycles. The number of carbonyl (C=O) groups excluding carboxylic acids is 2. The lowest BCUT2D eigenvalue weighted by molar-refractivity contribution is -0.130. The highest BCUT2D eigenvalue weighted by atomic mass is 32.2. The zero-order valence-electron chi connectivity index (χ0n) is 12.8. The topological polar surface area (TPSA) is 86.8 Å². The third-order valence-electron chi connectivity index (χ3n) is 4.03. The Balaban J connectivity index is 1.99. The minimum Gasteiger partial charge on any atom is -0.324 e. The molecule has 1 atom stereocenters. The van der Waals surface area contributed by atoms with E-state index in [0.29, 0.717) is 19.0 Å². The standard InChI is InChI=1S/C13H23N3O4S/c1-10-5-4-6-15(9-10)21(19,20)8-7-16-11(17)13(2,3)14-12(16)18/h10H,4-9H2,1-3H3,(H,14,18)/t10-/m0/s1. The molecule has 120 valence electrons. The number of sulfonamides is 1. The minimum absolute atomic E-state index is 0.0959. The summed E-state index contributed by atoms with van der Waals surface area (Å²) in [7, 11) is -3.43. The van der Waals surface area contributed by atoms with Gasteiger partial charge in [0.05, 0.1) is 5.75 Å². The van der Waals surface area contributed by atoms with Crippen molar-refractivity contribution in [2.24, 2.45) is 5.92 Å². The van der Waals surface area contributed by atoms with Crippen molar-refractivity contribution in [2.45, 2.75) is 39.2 Å². The molecule has 0 spiro atoms. The minimum atomic E-state index is -3.43. The van der Waals surface area contributed by atoms with Gasteiger partial charge in [-0.25, -0.2) is 17.5 Å². The Hall–Kier alpha value is -1.15. The zero-order chi connectivity index (χ0) is 15.8. The van der Waals surface area contributed by atoms with E-state index >= 15 is 0 Å². The number of nitrogens with zero attached hydrogens (tertiary/aromatic N) is 2. The molecule has 3 amide bonds. The number of amides is 3. The SMILES string of the molecule is C[C@H]1CCCN(S(=O)(=O)CCN2C(=O)NC(C)(C)C2=O)C1. The number of piperidine rings is 1. The highest BCUT2D eigenvalue weighted by molar-refractivity contribution is 7.89. The van der Waals surface area contributed by atoms with Crippen LogP contribution in [0.25, 0.3) is 0 Å². The summed E-state index contributed by atoms with van der Waals surface area (Å²) in [6.07, 6.45) is 1.89. The molecule has 2 aliphatic heterocycles. The maximum atomic E-state index is 12.3. The van der Waals surface area contributed by atoms with Crippen LogP contribution in [0.4, 0.5) is 4.79 Å². The maximum Gasteiger partial charge on any atom is 0.325 e. The first-order valence-corrected chi connectivity index (χ1v) is 8.86. The summed E-state index contributed by atoms with van der Waals surface area (Å²) in [5.74, 6) is -0.242. The number of hydrogen-bond donors (Lipinski definition) is 1. The molecule has 2 saturated heterocycles. The predicted octanol–water partition coefficient (Wildman–Crippen LogP) is 0.379. The molecule has 0 aromatic carbocycles. The van der Waals surface area contributed by atoms with Crippen LogP contribution in [0.15, 0.2) is 0 Å². The number of urea groups is 1. The molecule has 21 heavy (non-hydrogen) atoms. The van der Waals surface area contributed by atoms with Crippen molar-refractivity contribution in [3.8, 4) is 0 Å². The highest BCUT2D eigenvalue weighted by Gasteiger charge is 2.44.